The number of rotatable bonds is 5. The van der Waals surface area contributed by atoms with E-state index in [0.29, 0.717) is 0 Å². The number of hydrogen-bond donors (Lipinski definition) is 2. The molecule has 0 spiro atoms. The Morgan fingerprint density at radius 1 is 1.14 bits per heavy atom. The first-order chi connectivity index (χ1) is 6.34. The highest BCUT2D eigenvalue weighted by atomic mass is 16.3. The molecule has 0 aromatic carbocycles. The van der Waals surface area contributed by atoms with Crippen LogP contribution in [0.2, 0.25) is 0 Å². The Labute approximate surface area is 88.3 Å². The van der Waals surface area contributed by atoms with E-state index in [2.05, 4.69) is 6.92 Å². The zero-order valence-corrected chi connectivity index (χ0v) is 10.3. The van der Waals surface area contributed by atoms with Crippen molar-refractivity contribution in [2.75, 3.05) is 6.61 Å². The first-order valence-corrected chi connectivity index (χ1v) is 5.63. The Morgan fingerprint density at radius 2 is 1.64 bits per heavy atom. The fraction of sp³-hybridized carbons (Fsp3) is 1.00. The van der Waals surface area contributed by atoms with Gasteiger partial charge in [-0.15, -0.1) is 0 Å². The maximum Gasteiger partial charge on any atom is 0.0666 e. The highest BCUT2D eigenvalue weighted by Crippen LogP contribution is 2.40. The standard InChI is InChI=1S/C12H26O2/c1-6-8-12(7-2,9-13)10(14)11(3,4)5/h10,13-14H,6-9H2,1-5H3. The Balaban J connectivity index is 4.79. The van der Waals surface area contributed by atoms with Gasteiger partial charge in [0.15, 0.2) is 0 Å². The van der Waals surface area contributed by atoms with Gasteiger partial charge in [-0.1, -0.05) is 41.0 Å². The van der Waals surface area contributed by atoms with E-state index in [0.717, 1.165) is 19.3 Å². The average Bonchev–Trinajstić information content (AvgIpc) is 2.12. The normalized spacial score (nSPS) is 19.1. The van der Waals surface area contributed by atoms with E-state index in [1.807, 2.05) is 27.7 Å². The van der Waals surface area contributed by atoms with Crippen LogP contribution in [0.1, 0.15) is 53.9 Å². The highest BCUT2D eigenvalue weighted by Gasteiger charge is 2.41. The van der Waals surface area contributed by atoms with Crippen LogP contribution in [0.25, 0.3) is 0 Å². The third-order valence-corrected chi connectivity index (χ3v) is 3.17. The molecule has 0 amide bonds. The lowest BCUT2D eigenvalue weighted by Gasteiger charge is -2.42. The van der Waals surface area contributed by atoms with E-state index in [1.54, 1.807) is 0 Å². The molecular weight excluding hydrogens is 176 g/mol. The largest absolute Gasteiger partial charge is 0.396 e. The van der Waals surface area contributed by atoms with Crippen LogP contribution in [0.4, 0.5) is 0 Å². The Bertz CT molecular complexity index is 154. The van der Waals surface area contributed by atoms with Crippen LogP contribution < -0.4 is 0 Å². The number of hydrogen-bond acceptors (Lipinski definition) is 2. The van der Waals surface area contributed by atoms with Crippen LogP contribution >= 0.6 is 0 Å². The minimum Gasteiger partial charge on any atom is -0.396 e. The van der Waals surface area contributed by atoms with Gasteiger partial charge in [0.05, 0.1) is 12.7 Å². The summed E-state index contributed by atoms with van der Waals surface area (Å²) in [6.45, 7) is 10.3. The monoisotopic (exact) mass is 202 g/mol. The maximum atomic E-state index is 10.3. The van der Waals surface area contributed by atoms with Crippen LogP contribution in [0.15, 0.2) is 0 Å². The van der Waals surface area contributed by atoms with Gasteiger partial charge in [0.1, 0.15) is 0 Å². The summed E-state index contributed by atoms with van der Waals surface area (Å²) in [6, 6.07) is 0. The molecular formula is C12H26O2. The van der Waals surface area contributed by atoms with Crippen molar-refractivity contribution in [1.82, 2.24) is 0 Å². The van der Waals surface area contributed by atoms with Gasteiger partial charge in [0, 0.05) is 5.41 Å². The average molecular weight is 202 g/mol. The van der Waals surface area contributed by atoms with Gasteiger partial charge in [0.25, 0.3) is 0 Å². The van der Waals surface area contributed by atoms with Crippen LogP contribution in [-0.4, -0.2) is 22.9 Å². The fourth-order valence-electron chi connectivity index (χ4n) is 2.20. The Kier molecular flexibility index (Phi) is 5.10. The first kappa shape index (κ1) is 13.9. The van der Waals surface area contributed by atoms with Crippen molar-refractivity contribution < 1.29 is 10.2 Å². The SMILES string of the molecule is CCCC(CC)(CO)C(O)C(C)(C)C. The molecule has 0 aliphatic heterocycles. The molecule has 2 heteroatoms. The summed E-state index contributed by atoms with van der Waals surface area (Å²) < 4.78 is 0. The van der Waals surface area contributed by atoms with Crippen molar-refractivity contribution >= 4 is 0 Å². The predicted octanol–water partition coefficient (Wildman–Crippen LogP) is 2.58. The fourth-order valence-corrected chi connectivity index (χ4v) is 2.20. The number of aliphatic hydroxyl groups is 2. The summed E-state index contributed by atoms with van der Waals surface area (Å²) in [6.07, 6.45) is 2.28. The second kappa shape index (κ2) is 5.13. The van der Waals surface area contributed by atoms with Gasteiger partial charge in [0.2, 0.25) is 0 Å². The Hall–Kier alpha value is -0.0800. The lowest BCUT2D eigenvalue weighted by atomic mass is 9.67. The quantitative estimate of drug-likeness (QED) is 0.719. The molecule has 14 heavy (non-hydrogen) atoms. The smallest absolute Gasteiger partial charge is 0.0666 e. The third-order valence-electron chi connectivity index (χ3n) is 3.17. The molecule has 0 aliphatic rings. The Morgan fingerprint density at radius 3 is 1.86 bits per heavy atom. The van der Waals surface area contributed by atoms with Gasteiger partial charge in [-0.05, 0) is 18.3 Å². The van der Waals surface area contributed by atoms with Crippen molar-refractivity contribution in [2.45, 2.75) is 60.0 Å². The van der Waals surface area contributed by atoms with Crippen LogP contribution in [0, 0.1) is 10.8 Å². The molecule has 2 atom stereocenters. The first-order valence-electron chi connectivity index (χ1n) is 5.63. The van der Waals surface area contributed by atoms with E-state index in [4.69, 9.17) is 0 Å². The van der Waals surface area contributed by atoms with Gasteiger partial charge in [-0.2, -0.15) is 0 Å². The molecule has 0 rings (SSSR count). The van der Waals surface area contributed by atoms with E-state index < -0.39 is 6.10 Å². The molecule has 2 nitrogen and oxygen atoms in total. The molecule has 0 aliphatic carbocycles. The van der Waals surface area contributed by atoms with Crippen LogP contribution in [-0.2, 0) is 0 Å². The van der Waals surface area contributed by atoms with Crippen LogP contribution in [0.3, 0.4) is 0 Å². The lowest BCUT2D eigenvalue weighted by molar-refractivity contribution is -0.0841. The van der Waals surface area contributed by atoms with Crippen molar-refractivity contribution in [2.24, 2.45) is 10.8 Å². The van der Waals surface area contributed by atoms with E-state index in [1.165, 1.54) is 0 Å². The second-order valence-electron chi connectivity index (χ2n) is 5.39. The van der Waals surface area contributed by atoms with Crippen molar-refractivity contribution in [3.8, 4) is 0 Å². The van der Waals surface area contributed by atoms with E-state index in [9.17, 15) is 10.2 Å². The van der Waals surface area contributed by atoms with E-state index >= 15 is 0 Å². The molecule has 0 aromatic rings. The summed E-state index contributed by atoms with van der Waals surface area (Å²) in [4.78, 5) is 0. The van der Waals surface area contributed by atoms with Crippen LogP contribution in [0.5, 0.6) is 0 Å². The molecule has 0 saturated carbocycles. The zero-order chi connectivity index (χ0) is 11.4. The molecule has 0 fully saturated rings. The molecule has 2 N–H and O–H groups in total. The van der Waals surface area contributed by atoms with Gasteiger partial charge < -0.3 is 10.2 Å². The summed E-state index contributed by atoms with van der Waals surface area (Å²) in [7, 11) is 0. The highest BCUT2D eigenvalue weighted by molar-refractivity contribution is 4.91. The second-order valence-corrected chi connectivity index (χ2v) is 5.39. The van der Waals surface area contributed by atoms with Crippen molar-refractivity contribution in [3.05, 3.63) is 0 Å². The van der Waals surface area contributed by atoms with Gasteiger partial charge >= 0.3 is 0 Å². The van der Waals surface area contributed by atoms with E-state index in [-0.39, 0.29) is 17.4 Å². The molecule has 2 unspecified atom stereocenters. The zero-order valence-electron chi connectivity index (χ0n) is 10.3. The summed E-state index contributed by atoms with van der Waals surface area (Å²) in [5.74, 6) is 0. The summed E-state index contributed by atoms with van der Waals surface area (Å²) >= 11 is 0. The molecule has 0 aromatic heterocycles. The van der Waals surface area contributed by atoms with Gasteiger partial charge in [-0.3, -0.25) is 0 Å². The minimum absolute atomic E-state index is 0.0791. The molecule has 0 bridgehead atoms. The minimum atomic E-state index is -0.440. The van der Waals surface area contributed by atoms with Gasteiger partial charge in [-0.25, -0.2) is 0 Å². The molecule has 0 heterocycles. The summed E-state index contributed by atoms with van der Waals surface area (Å²) in [5.41, 5.74) is -0.471. The van der Waals surface area contributed by atoms with Crippen molar-refractivity contribution in [3.63, 3.8) is 0 Å². The molecule has 0 radical (unpaired) electrons. The topological polar surface area (TPSA) is 40.5 Å². The third kappa shape index (κ3) is 2.96. The maximum absolute atomic E-state index is 10.3. The lowest BCUT2D eigenvalue weighted by Crippen LogP contribution is -2.45. The number of aliphatic hydroxyl groups excluding tert-OH is 2. The predicted molar refractivity (Wildman–Crippen MR) is 60.2 cm³/mol. The van der Waals surface area contributed by atoms with Crippen molar-refractivity contribution in [1.29, 1.82) is 0 Å². The molecule has 86 valence electrons. The molecule has 0 saturated heterocycles. The summed E-state index contributed by atoms with van der Waals surface area (Å²) in [5, 5.41) is 19.7.